The molecule has 0 aliphatic rings. The molecule has 0 saturated carbocycles. The van der Waals surface area contributed by atoms with Gasteiger partial charge in [-0.1, -0.05) is 103 Å². The van der Waals surface area contributed by atoms with Crippen molar-refractivity contribution < 1.29 is 0 Å². The molecule has 0 saturated heterocycles. The second-order valence-corrected chi connectivity index (χ2v) is 12.1. The molecule has 10 aromatic rings. The van der Waals surface area contributed by atoms with Crippen LogP contribution in [0.2, 0.25) is 0 Å². The smallest absolute Gasteiger partial charge is 0.235 e. The summed E-state index contributed by atoms with van der Waals surface area (Å²) in [6.07, 6.45) is 1.87. The molecule has 0 bridgehead atoms. The van der Waals surface area contributed by atoms with Crippen LogP contribution in [0.5, 0.6) is 0 Å². The molecule has 0 aliphatic carbocycles. The summed E-state index contributed by atoms with van der Waals surface area (Å²) in [5.74, 6) is 0.656. The molecule has 10 rings (SSSR count). The van der Waals surface area contributed by atoms with Gasteiger partial charge in [0.15, 0.2) is 0 Å². The number of rotatable bonds is 4. The van der Waals surface area contributed by atoms with E-state index in [0.717, 1.165) is 71.9 Å². The summed E-state index contributed by atoms with van der Waals surface area (Å²) in [7, 11) is 0. The van der Waals surface area contributed by atoms with Gasteiger partial charge < -0.3 is 0 Å². The van der Waals surface area contributed by atoms with Crippen molar-refractivity contribution in [3.8, 4) is 34.0 Å². The number of hydrogen-bond acceptors (Lipinski definition) is 3. The monoisotopic (exact) mass is 613 g/mol. The molecule has 0 N–H and O–H groups in total. The first-order chi connectivity index (χ1) is 23.8. The Bertz CT molecular complexity index is 2830. The summed E-state index contributed by atoms with van der Waals surface area (Å²) in [5.41, 5.74) is 10.5. The van der Waals surface area contributed by atoms with E-state index >= 15 is 0 Å². The molecule has 224 valence electrons. The molecule has 0 amide bonds. The molecular weight excluding hydrogens is 587 g/mol. The average molecular weight is 614 g/mol. The van der Waals surface area contributed by atoms with Crippen molar-refractivity contribution in [3.63, 3.8) is 0 Å². The molecule has 6 aromatic carbocycles. The van der Waals surface area contributed by atoms with Crippen molar-refractivity contribution in [3.05, 3.63) is 164 Å². The first-order valence-electron chi connectivity index (χ1n) is 16.1. The zero-order valence-corrected chi connectivity index (χ0v) is 25.8. The molecule has 4 aromatic heterocycles. The number of benzene rings is 6. The lowest BCUT2D eigenvalue weighted by Gasteiger charge is -2.12. The van der Waals surface area contributed by atoms with Crippen LogP contribution in [-0.4, -0.2) is 24.1 Å². The predicted molar refractivity (Wildman–Crippen MR) is 197 cm³/mol. The summed E-state index contributed by atoms with van der Waals surface area (Å²) in [4.78, 5) is 15.2. The van der Waals surface area contributed by atoms with Gasteiger partial charge in [0, 0.05) is 44.4 Å². The van der Waals surface area contributed by atoms with E-state index in [0.29, 0.717) is 5.95 Å². The predicted octanol–water partition coefficient (Wildman–Crippen LogP) is 10.6. The van der Waals surface area contributed by atoms with Crippen LogP contribution in [0.15, 0.2) is 164 Å². The van der Waals surface area contributed by atoms with E-state index in [2.05, 4.69) is 143 Å². The van der Waals surface area contributed by atoms with Crippen molar-refractivity contribution in [2.24, 2.45) is 0 Å². The Morgan fingerprint density at radius 1 is 0.438 bits per heavy atom. The summed E-state index contributed by atoms with van der Waals surface area (Å²) in [6.45, 7) is 0. The number of hydrogen-bond donors (Lipinski definition) is 0. The topological polar surface area (TPSA) is 48.5 Å². The quantitative estimate of drug-likeness (QED) is 0.198. The zero-order valence-electron chi connectivity index (χ0n) is 25.8. The number of nitrogens with zero attached hydrogens (tertiary/aromatic N) is 5. The molecule has 4 heterocycles. The molecule has 48 heavy (non-hydrogen) atoms. The minimum Gasteiger partial charge on any atom is -0.294 e. The molecule has 0 spiro atoms. The fraction of sp³-hybridized carbons (Fsp3) is 0. The van der Waals surface area contributed by atoms with Gasteiger partial charge in [-0.05, 0) is 65.7 Å². The van der Waals surface area contributed by atoms with Crippen molar-refractivity contribution in [1.82, 2.24) is 24.1 Å². The second kappa shape index (κ2) is 10.5. The number of aromatic nitrogens is 5. The average Bonchev–Trinajstić information content (AvgIpc) is 3.68. The molecule has 0 radical (unpaired) electrons. The van der Waals surface area contributed by atoms with Crippen LogP contribution in [0, 0.1) is 0 Å². The first-order valence-corrected chi connectivity index (χ1v) is 16.1. The lowest BCUT2D eigenvalue weighted by atomic mass is 9.98. The van der Waals surface area contributed by atoms with Crippen molar-refractivity contribution in [2.75, 3.05) is 0 Å². The van der Waals surface area contributed by atoms with Crippen LogP contribution in [0.1, 0.15) is 0 Å². The van der Waals surface area contributed by atoms with Crippen LogP contribution in [0.4, 0.5) is 0 Å². The zero-order chi connectivity index (χ0) is 31.6. The minimum absolute atomic E-state index is 0.656. The normalized spacial score (nSPS) is 11.8. The second-order valence-electron chi connectivity index (χ2n) is 12.1. The summed E-state index contributed by atoms with van der Waals surface area (Å²) < 4.78 is 4.47. The van der Waals surface area contributed by atoms with Gasteiger partial charge in [-0.25, -0.2) is 15.0 Å². The van der Waals surface area contributed by atoms with Gasteiger partial charge in [-0.15, -0.1) is 0 Å². The van der Waals surface area contributed by atoms with E-state index in [9.17, 15) is 0 Å². The van der Waals surface area contributed by atoms with E-state index in [-0.39, 0.29) is 0 Å². The maximum absolute atomic E-state index is 5.27. The molecular formula is C43H27N5. The molecule has 5 heteroatoms. The molecule has 0 aliphatic heterocycles. The SMILES string of the molecule is c1ccc(-c2nc(-n3c4ccccc4c4c(-c5ccc6c(c5)c5cccnc5n6-c5ccccc5)cccc43)nc3ccccc23)cc1. The highest BCUT2D eigenvalue weighted by atomic mass is 15.2. The fourth-order valence-corrected chi connectivity index (χ4v) is 7.31. The van der Waals surface area contributed by atoms with Gasteiger partial charge in [-0.2, -0.15) is 0 Å². The van der Waals surface area contributed by atoms with Gasteiger partial charge in [0.2, 0.25) is 5.95 Å². The van der Waals surface area contributed by atoms with Crippen LogP contribution < -0.4 is 0 Å². The standard InChI is InChI=1S/C43H27N5/c1-3-13-28(14-4-1)41-33-17-7-9-21-36(33)45-43(46-41)48-37-22-10-8-18-34(37)40-31(19-11-23-39(40)48)29-24-25-38-35(27-29)32-20-12-26-44-42(32)47(38)30-15-5-2-6-16-30/h1-27H. The molecule has 5 nitrogen and oxygen atoms in total. The highest BCUT2D eigenvalue weighted by Gasteiger charge is 2.20. The third-order valence-electron chi connectivity index (χ3n) is 9.39. The third kappa shape index (κ3) is 3.94. The lowest BCUT2D eigenvalue weighted by Crippen LogP contribution is -2.03. The van der Waals surface area contributed by atoms with Crippen molar-refractivity contribution in [1.29, 1.82) is 0 Å². The van der Waals surface area contributed by atoms with E-state index in [1.165, 1.54) is 10.8 Å². The van der Waals surface area contributed by atoms with Gasteiger partial charge in [-0.3, -0.25) is 9.13 Å². The van der Waals surface area contributed by atoms with E-state index in [1.54, 1.807) is 0 Å². The number of pyridine rings is 1. The number of para-hydroxylation sites is 3. The van der Waals surface area contributed by atoms with Gasteiger partial charge in [0.05, 0.1) is 27.8 Å². The Balaban J connectivity index is 1.24. The maximum atomic E-state index is 5.27. The van der Waals surface area contributed by atoms with Crippen molar-refractivity contribution >= 4 is 54.6 Å². The largest absolute Gasteiger partial charge is 0.294 e. The molecule has 0 atom stereocenters. The summed E-state index contributed by atoms with van der Waals surface area (Å²) >= 11 is 0. The van der Waals surface area contributed by atoms with Crippen LogP contribution in [0.3, 0.4) is 0 Å². The molecule has 0 fully saturated rings. The Morgan fingerprint density at radius 3 is 2.02 bits per heavy atom. The Kier molecular flexibility index (Phi) is 5.81. The van der Waals surface area contributed by atoms with E-state index in [4.69, 9.17) is 15.0 Å². The van der Waals surface area contributed by atoms with Crippen LogP contribution in [-0.2, 0) is 0 Å². The Hall–Kier alpha value is -6.59. The van der Waals surface area contributed by atoms with Crippen LogP contribution in [0.25, 0.3) is 88.7 Å². The van der Waals surface area contributed by atoms with Crippen molar-refractivity contribution in [2.45, 2.75) is 0 Å². The van der Waals surface area contributed by atoms with E-state index < -0.39 is 0 Å². The van der Waals surface area contributed by atoms with Gasteiger partial charge >= 0.3 is 0 Å². The van der Waals surface area contributed by atoms with E-state index in [1.807, 2.05) is 30.5 Å². The van der Waals surface area contributed by atoms with Gasteiger partial charge in [0.1, 0.15) is 5.65 Å². The van der Waals surface area contributed by atoms with Crippen LogP contribution >= 0.6 is 0 Å². The lowest BCUT2D eigenvalue weighted by molar-refractivity contribution is 1.01. The Morgan fingerprint density at radius 2 is 1.15 bits per heavy atom. The van der Waals surface area contributed by atoms with Gasteiger partial charge in [0.25, 0.3) is 0 Å². The number of fused-ring (bicyclic) bond motifs is 7. The summed E-state index contributed by atoms with van der Waals surface area (Å²) in [6, 6.07) is 55.2. The third-order valence-corrected chi connectivity index (χ3v) is 9.39. The minimum atomic E-state index is 0.656. The first kappa shape index (κ1) is 26.6. The molecule has 0 unspecified atom stereocenters. The summed E-state index contributed by atoms with van der Waals surface area (Å²) in [5, 5.41) is 5.67. The fourth-order valence-electron chi connectivity index (χ4n) is 7.31. The maximum Gasteiger partial charge on any atom is 0.235 e. The Labute approximate surface area is 276 Å². The highest BCUT2D eigenvalue weighted by Crippen LogP contribution is 2.41. The highest BCUT2D eigenvalue weighted by molar-refractivity contribution is 6.17.